The monoisotopic (exact) mass is 272 g/mol. The van der Waals surface area contributed by atoms with Crippen LogP contribution < -0.4 is 4.74 Å². The summed E-state index contributed by atoms with van der Waals surface area (Å²) in [5.41, 5.74) is 0. The van der Waals surface area contributed by atoms with Crippen LogP contribution in [-0.4, -0.2) is 16.9 Å². The molecule has 0 amide bonds. The van der Waals surface area contributed by atoms with E-state index >= 15 is 0 Å². The van der Waals surface area contributed by atoms with Gasteiger partial charge in [0.05, 0.1) is 26.0 Å². The van der Waals surface area contributed by atoms with E-state index in [-0.39, 0.29) is 0 Å². The number of hydrogen-bond donors (Lipinski definition) is 0. The minimum atomic E-state index is 0.779. The van der Waals surface area contributed by atoms with Crippen LogP contribution in [0, 0.1) is 0 Å². The lowest BCUT2D eigenvalue weighted by atomic mass is 10.5. The Morgan fingerprint density at radius 2 is 2.50 bits per heavy atom. The Labute approximate surface area is 94.4 Å². The molecule has 0 unspecified atom stereocenters. The lowest BCUT2D eigenvalue weighted by molar-refractivity contribution is 0.414. The molecule has 14 heavy (non-hydrogen) atoms. The number of ether oxygens (including phenoxy) is 1. The molecule has 2 aromatic rings. The van der Waals surface area contributed by atoms with Crippen LogP contribution in [0.15, 0.2) is 28.3 Å². The Morgan fingerprint density at radius 1 is 1.64 bits per heavy atom. The molecular weight excluding hydrogens is 264 g/mol. The highest BCUT2D eigenvalue weighted by Gasteiger charge is 2.03. The number of thiophene rings is 1. The highest BCUT2D eigenvalue weighted by molar-refractivity contribution is 9.10. The van der Waals surface area contributed by atoms with Crippen molar-refractivity contribution in [3.8, 4) is 5.75 Å². The first-order valence-electron chi connectivity index (χ1n) is 4.08. The Bertz CT molecular complexity index is 424. The average molecular weight is 273 g/mol. The molecule has 0 spiro atoms. The molecule has 0 atom stereocenters. The molecular formula is C9H9BrN2OS. The van der Waals surface area contributed by atoms with Gasteiger partial charge in [-0.2, -0.15) is 5.10 Å². The maximum absolute atomic E-state index is 5.05. The van der Waals surface area contributed by atoms with E-state index in [0.717, 1.165) is 16.8 Å². The van der Waals surface area contributed by atoms with Crippen LogP contribution in [0.2, 0.25) is 0 Å². The van der Waals surface area contributed by atoms with Gasteiger partial charge in [0.2, 0.25) is 0 Å². The number of nitrogens with zero attached hydrogens (tertiary/aromatic N) is 2. The molecule has 0 saturated carbocycles. The van der Waals surface area contributed by atoms with Crippen molar-refractivity contribution in [3.05, 3.63) is 33.2 Å². The van der Waals surface area contributed by atoms with E-state index in [1.807, 2.05) is 16.9 Å². The lowest BCUT2D eigenvalue weighted by Gasteiger charge is -1.98. The van der Waals surface area contributed by atoms with Crippen LogP contribution >= 0.6 is 27.3 Å². The summed E-state index contributed by atoms with van der Waals surface area (Å²) in [6.45, 7) is 0.779. The first-order chi connectivity index (χ1) is 6.79. The van der Waals surface area contributed by atoms with Crippen molar-refractivity contribution in [2.45, 2.75) is 6.54 Å². The molecule has 2 aromatic heterocycles. The molecule has 0 aliphatic heterocycles. The normalized spacial score (nSPS) is 10.4. The second-order valence-electron chi connectivity index (χ2n) is 2.77. The second-order valence-corrected chi connectivity index (χ2v) is 4.62. The van der Waals surface area contributed by atoms with Gasteiger partial charge in [-0.1, -0.05) is 0 Å². The fourth-order valence-corrected chi connectivity index (χ4v) is 2.59. The molecule has 0 bridgehead atoms. The summed E-state index contributed by atoms with van der Waals surface area (Å²) in [5.74, 6) is 0.790. The maximum atomic E-state index is 5.05. The molecule has 5 heteroatoms. The summed E-state index contributed by atoms with van der Waals surface area (Å²) in [6.07, 6.45) is 3.59. The van der Waals surface area contributed by atoms with Gasteiger partial charge in [-0.25, -0.2) is 0 Å². The molecule has 0 radical (unpaired) electrons. The Hall–Kier alpha value is -0.810. The number of methoxy groups -OCH3 is 1. The van der Waals surface area contributed by atoms with Gasteiger partial charge in [0.1, 0.15) is 0 Å². The van der Waals surface area contributed by atoms with Gasteiger partial charge >= 0.3 is 0 Å². The maximum Gasteiger partial charge on any atom is 0.156 e. The van der Waals surface area contributed by atoms with Crippen LogP contribution in [0.4, 0.5) is 0 Å². The molecule has 3 nitrogen and oxygen atoms in total. The zero-order chi connectivity index (χ0) is 9.97. The van der Waals surface area contributed by atoms with E-state index in [9.17, 15) is 0 Å². The minimum Gasteiger partial charge on any atom is -0.493 e. The molecule has 0 aromatic carbocycles. The highest BCUT2D eigenvalue weighted by Crippen LogP contribution is 2.23. The van der Waals surface area contributed by atoms with Crippen molar-refractivity contribution in [3.63, 3.8) is 0 Å². The summed E-state index contributed by atoms with van der Waals surface area (Å²) in [4.78, 5) is 1.26. The van der Waals surface area contributed by atoms with Gasteiger partial charge in [0.25, 0.3) is 0 Å². The Morgan fingerprint density at radius 3 is 3.07 bits per heavy atom. The van der Waals surface area contributed by atoms with Gasteiger partial charge in [0.15, 0.2) is 5.75 Å². The zero-order valence-electron chi connectivity index (χ0n) is 7.61. The fraction of sp³-hybridized carbons (Fsp3) is 0.222. The standard InChI is InChI=1S/C9H9BrN2OS/c1-13-7-4-11-12(5-7)6-9-8(10)2-3-14-9/h2-5H,6H2,1H3. The van der Waals surface area contributed by atoms with Crippen LogP contribution in [-0.2, 0) is 6.54 Å². The second kappa shape index (κ2) is 4.14. The van der Waals surface area contributed by atoms with Crippen molar-refractivity contribution in [1.29, 1.82) is 0 Å². The van der Waals surface area contributed by atoms with E-state index in [1.54, 1.807) is 24.6 Å². The van der Waals surface area contributed by atoms with Crippen LogP contribution in [0.25, 0.3) is 0 Å². The van der Waals surface area contributed by atoms with E-state index < -0.39 is 0 Å². The van der Waals surface area contributed by atoms with Crippen molar-refractivity contribution in [2.24, 2.45) is 0 Å². The van der Waals surface area contributed by atoms with Gasteiger partial charge < -0.3 is 4.74 Å². The molecule has 0 aliphatic carbocycles. The van der Waals surface area contributed by atoms with Crippen molar-refractivity contribution < 1.29 is 4.74 Å². The molecule has 74 valence electrons. The smallest absolute Gasteiger partial charge is 0.156 e. The van der Waals surface area contributed by atoms with Crippen LogP contribution in [0.3, 0.4) is 0 Å². The van der Waals surface area contributed by atoms with Crippen molar-refractivity contribution in [2.75, 3.05) is 7.11 Å². The summed E-state index contributed by atoms with van der Waals surface area (Å²) in [7, 11) is 1.64. The first-order valence-corrected chi connectivity index (χ1v) is 5.75. The van der Waals surface area contributed by atoms with E-state index in [4.69, 9.17) is 4.74 Å². The fourth-order valence-electron chi connectivity index (χ4n) is 1.12. The molecule has 0 aliphatic rings. The van der Waals surface area contributed by atoms with Gasteiger partial charge in [0, 0.05) is 9.35 Å². The van der Waals surface area contributed by atoms with Crippen LogP contribution in [0.5, 0.6) is 5.75 Å². The number of aromatic nitrogens is 2. The van der Waals surface area contributed by atoms with E-state index in [1.165, 1.54) is 4.88 Å². The van der Waals surface area contributed by atoms with Gasteiger partial charge in [-0.3, -0.25) is 4.68 Å². The average Bonchev–Trinajstić information content (AvgIpc) is 2.77. The summed E-state index contributed by atoms with van der Waals surface area (Å²) >= 11 is 5.20. The Kier molecular flexibility index (Phi) is 2.88. The summed E-state index contributed by atoms with van der Waals surface area (Å²) in [5, 5.41) is 6.24. The summed E-state index contributed by atoms with van der Waals surface area (Å²) < 4.78 is 8.05. The quantitative estimate of drug-likeness (QED) is 0.859. The molecule has 2 heterocycles. The van der Waals surface area contributed by atoms with Crippen molar-refractivity contribution >= 4 is 27.3 Å². The molecule has 0 fully saturated rings. The topological polar surface area (TPSA) is 27.1 Å². The van der Waals surface area contributed by atoms with E-state index in [0.29, 0.717) is 0 Å². The summed E-state index contributed by atoms with van der Waals surface area (Å²) in [6, 6.07) is 2.04. The molecule has 2 rings (SSSR count). The predicted octanol–water partition coefficient (Wildman–Crippen LogP) is 2.76. The Balaban J connectivity index is 2.15. The third-order valence-corrected chi connectivity index (χ3v) is 3.75. The predicted molar refractivity (Wildman–Crippen MR) is 59.9 cm³/mol. The van der Waals surface area contributed by atoms with Gasteiger partial charge in [-0.15, -0.1) is 11.3 Å². The third-order valence-electron chi connectivity index (χ3n) is 1.84. The highest BCUT2D eigenvalue weighted by atomic mass is 79.9. The lowest BCUT2D eigenvalue weighted by Crippen LogP contribution is -1.97. The SMILES string of the molecule is COc1cnn(Cc2sccc2Br)c1. The zero-order valence-corrected chi connectivity index (χ0v) is 10.0. The number of rotatable bonds is 3. The minimum absolute atomic E-state index is 0.779. The van der Waals surface area contributed by atoms with Gasteiger partial charge in [-0.05, 0) is 27.4 Å². The van der Waals surface area contributed by atoms with E-state index in [2.05, 4.69) is 26.4 Å². The largest absolute Gasteiger partial charge is 0.493 e. The first kappa shape index (κ1) is 9.73. The molecule has 0 N–H and O–H groups in total. The number of halogens is 1. The van der Waals surface area contributed by atoms with Crippen molar-refractivity contribution in [1.82, 2.24) is 9.78 Å². The number of hydrogen-bond acceptors (Lipinski definition) is 3. The molecule has 0 saturated heterocycles. The van der Waals surface area contributed by atoms with Crippen LogP contribution in [0.1, 0.15) is 4.88 Å². The third kappa shape index (κ3) is 1.99.